The summed E-state index contributed by atoms with van der Waals surface area (Å²) >= 11 is -0.567. The molecule has 0 fully saturated rings. The number of rotatable bonds is 4. The minimum atomic E-state index is -0.567. The number of aryl methyl sites for hydroxylation is 3. The van der Waals surface area contributed by atoms with E-state index in [0.717, 1.165) is 0 Å². The van der Waals surface area contributed by atoms with Gasteiger partial charge in [-0.15, -0.1) is 0 Å². The summed E-state index contributed by atoms with van der Waals surface area (Å²) in [5.74, 6) is 0.882. The Balaban J connectivity index is 2.14. The standard InChI is InChI=1S/C28H32N2.Au.ClH/c1-18(2)24-11-9-12-25(19(3)4)27(24)26-13-8-10-23-16-29(17-30(23)26)28-21(6)14-20(5)15-22(28)7;;/h8-16,18-19H,1-7H3;;1H/q;-1;/p-1. The van der Waals surface area contributed by atoms with Crippen molar-refractivity contribution in [1.82, 2.24) is 8.97 Å². The normalized spacial score (nSPS) is 13.0. The summed E-state index contributed by atoms with van der Waals surface area (Å²) in [6.45, 7) is 15.7. The number of imidazole rings is 1. The van der Waals surface area contributed by atoms with Crippen molar-refractivity contribution in [2.45, 2.75) is 60.3 Å². The molecule has 0 amide bonds. The number of halogens is 1. The van der Waals surface area contributed by atoms with Crippen molar-refractivity contribution < 1.29 is 18.2 Å². The van der Waals surface area contributed by atoms with E-state index in [2.05, 4.69) is 112 Å². The molecule has 4 heteroatoms. The summed E-state index contributed by atoms with van der Waals surface area (Å²) in [6.07, 6.45) is 2.26. The third-order valence-electron chi connectivity index (χ3n) is 6.19. The zero-order chi connectivity index (χ0) is 23.2. The number of pyridine rings is 1. The van der Waals surface area contributed by atoms with Crippen LogP contribution in [-0.4, -0.2) is 8.97 Å². The van der Waals surface area contributed by atoms with Crippen LogP contribution >= 0.6 is 9.19 Å². The first kappa shape index (κ1) is 23.3. The van der Waals surface area contributed by atoms with E-state index in [1.165, 1.54) is 53.9 Å². The SMILES string of the molecule is Cc1cc(C)c(-n2cc3cccc(-c4c(C(C)C)cccc4C(C)C)n3[c]2=[Au-2][Cl])c(C)c1. The molecule has 0 saturated heterocycles. The quantitative estimate of drug-likeness (QED) is 0.201. The molecule has 2 nitrogen and oxygen atoms in total. The van der Waals surface area contributed by atoms with Gasteiger partial charge in [0.15, 0.2) is 0 Å². The van der Waals surface area contributed by atoms with Crippen LogP contribution in [0.5, 0.6) is 0 Å². The Hall–Kier alpha value is -1.84. The zero-order valence-electron chi connectivity index (χ0n) is 19.9. The number of hydrogen-bond donors (Lipinski definition) is 0. The van der Waals surface area contributed by atoms with E-state index in [1.54, 1.807) is 0 Å². The third-order valence-corrected chi connectivity index (χ3v) is 8.39. The molecule has 2 aromatic heterocycles. The molecular weight excluding hydrogens is 597 g/mol. The molecule has 0 N–H and O–H groups in total. The molecular formula is C28H32AuClN2-2. The van der Waals surface area contributed by atoms with Gasteiger partial charge < -0.3 is 0 Å². The van der Waals surface area contributed by atoms with E-state index in [4.69, 9.17) is 9.19 Å². The van der Waals surface area contributed by atoms with Crippen LogP contribution in [0.15, 0.2) is 54.7 Å². The van der Waals surface area contributed by atoms with Crippen molar-refractivity contribution in [2.75, 3.05) is 0 Å². The fourth-order valence-electron chi connectivity index (χ4n) is 4.90. The summed E-state index contributed by atoms with van der Waals surface area (Å²) < 4.78 is 5.92. The van der Waals surface area contributed by atoms with Gasteiger partial charge in [-0.05, 0) is 0 Å². The van der Waals surface area contributed by atoms with Crippen LogP contribution in [0.1, 0.15) is 67.3 Å². The molecule has 0 spiro atoms. The van der Waals surface area contributed by atoms with Crippen LogP contribution in [0, 0.1) is 24.4 Å². The Morgan fingerprint density at radius 1 is 0.812 bits per heavy atom. The Morgan fingerprint density at radius 2 is 1.38 bits per heavy atom. The van der Waals surface area contributed by atoms with Crippen molar-refractivity contribution >= 4 is 14.7 Å². The van der Waals surface area contributed by atoms with E-state index >= 15 is 0 Å². The maximum absolute atomic E-state index is 6.76. The molecule has 174 valence electrons. The predicted octanol–water partition coefficient (Wildman–Crippen LogP) is 8.34. The van der Waals surface area contributed by atoms with E-state index in [9.17, 15) is 0 Å². The van der Waals surface area contributed by atoms with Gasteiger partial charge in [-0.1, -0.05) is 0 Å². The first-order chi connectivity index (χ1) is 15.2. The molecule has 0 radical (unpaired) electrons. The van der Waals surface area contributed by atoms with Gasteiger partial charge in [-0.2, -0.15) is 0 Å². The zero-order valence-corrected chi connectivity index (χ0v) is 22.8. The minimum absolute atomic E-state index is 0.441. The Bertz CT molecular complexity index is 1320. The summed E-state index contributed by atoms with van der Waals surface area (Å²) in [4.78, 5) is 0. The van der Waals surface area contributed by atoms with Crippen LogP contribution in [0.25, 0.3) is 22.5 Å². The van der Waals surface area contributed by atoms with E-state index in [1.807, 2.05) is 0 Å². The fourth-order valence-corrected chi connectivity index (χ4v) is 7.07. The van der Waals surface area contributed by atoms with E-state index in [-0.39, 0.29) is 0 Å². The monoisotopic (exact) mass is 628 g/mol. The molecule has 4 aromatic rings. The number of fused-ring (bicyclic) bond motifs is 1. The number of hydrogen-bond acceptors (Lipinski definition) is 0. The summed E-state index contributed by atoms with van der Waals surface area (Å²) in [5, 5.41) is 0. The van der Waals surface area contributed by atoms with Gasteiger partial charge >= 0.3 is 205 Å². The van der Waals surface area contributed by atoms with Crippen LogP contribution in [-0.2, 0) is 18.2 Å². The number of nitrogens with zero attached hydrogens (tertiary/aromatic N) is 2. The summed E-state index contributed by atoms with van der Waals surface area (Å²) in [6, 6.07) is 17.9. The number of benzene rings is 2. The van der Waals surface area contributed by atoms with E-state index in [0.29, 0.717) is 11.8 Å². The number of aromatic nitrogens is 2. The first-order valence-corrected chi connectivity index (χ1v) is 15.0. The van der Waals surface area contributed by atoms with Crippen molar-refractivity contribution in [3.05, 3.63) is 86.2 Å². The first-order valence-electron chi connectivity index (χ1n) is 11.2. The second kappa shape index (κ2) is 9.19. The van der Waals surface area contributed by atoms with Crippen LogP contribution in [0.3, 0.4) is 0 Å². The van der Waals surface area contributed by atoms with Gasteiger partial charge in [-0.25, -0.2) is 0 Å². The van der Waals surface area contributed by atoms with Crippen LogP contribution in [0.2, 0.25) is 0 Å². The van der Waals surface area contributed by atoms with Crippen molar-refractivity contribution in [1.29, 1.82) is 0 Å². The van der Waals surface area contributed by atoms with Gasteiger partial charge in [0.05, 0.1) is 0 Å². The van der Waals surface area contributed by atoms with E-state index < -0.39 is 18.2 Å². The van der Waals surface area contributed by atoms with Crippen LogP contribution in [0.4, 0.5) is 0 Å². The topological polar surface area (TPSA) is 9.34 Å². The molecule has 4 rings (SSSR count). The fraction of sp³-hybridized carbons (Fsp3) is 0.321. The summed E-state index contributed by atoms with van der Waals surface area (Å²) in [7, 11) is 6.76. The third kappa shape index (κ3) is 3.99. The molecule has 0 unspecified atom stereocenters. The molecule has 2 aromatic carbocycles. The molecule has 0 aliphatic carbocycles. The van der Waals surface area contributed by atoms with Gasteiger partial charge in [-0.3, -0.25) is 0 Å². The molecule has 0 bridgehead atoms. The maximum atomic E-state index is 6.76. The van der Waals surface area contributed by atoms with Gasteiger partial charge in [0.2, 0.25) is 0 Å². The average molecular weight is 629 g/mol. The van der Waals surface area contributed by atoms with Gasteiger partial charge in [0, 0.05) is 0 Å². The predicted molar refractivity (Wildman–Crippen MR) is 134 cm³/mol. The average Bonchev–Trinajstić information content (AvgIpc) is 3.10. The Labute approximate surface area is 204 Å². The van der Waals surface area contributed by atoms with Crippen molar-refractivity contribution in [2.24, 2.45) is 0 Å². The molecule has 0 atom stereocenters. The molecule has 32 heavy (non-hydrogen) atoms. The Kier molecular flexibility index (Phi) is 6.70. The Morgan fingerprint density at radius 3 is 1.91 bits per heavy atom. The molecule has 0 aliphatic rings. The molecule has 0 saturated carbocycles. The molecule has 2 heterocycles. The van der Waals surface area contributed by atoms with Crippen molar-refractivity contribution in [3.8, 4) is 16.9 Å². The van der Waals surface area contributed by atoms with Gasteiger partial charge in [0.1, 0.15) is 0 Å². The van der Waals surface area contributed by atoms with Gasteiger partial charge in [0.25, 0.3) is 0 Å². The van der Waals surface area contributed by atoms with Crippen LogP contribution < -0.4 is 0 Å². The molecule has 0 aliphatic heterocycles. The second-order valence-corrected chi connectivity index (χ2v) is 11.6. The van der Waals surface area contributed by atoms with Crippen molar-refractivity contribution in [3.63, 3.8) is 0 Å². The summed E-state index contributed by atoms with van der Waals surface area (Å²) in [5.41, 5.74) is 11.7. The second-order valence-electron chi connectivity index (χ2n) is 9.33.